The molecule has 2 heteroatoms. The van der Waals surface area contributed by atoms with Crippen LogP contribution in [0.15, 0.2) is 170 Å². The van der Waals surface area contributed by atoms with Gasteiger partial charge in [0.25, 0.3) is 0 Å². The predicted octanol–water partition coefficient (Wildman–Crippen LogP) is 12.3. The van der Waals surface area contributed by atoms with Crippen molar-refractivity contribution in [2.45, 2.75) is 19.3 Å². The lowest BCUT2D eigenvalue weighted by molar-refractivity contribution is 0.660. The molecule has 0 unspecified atom stereocenters. The average Bonchev–Trinajstić information content (AvgIpc) is 3.40. The summed E-state index contributed by atoms with van der Waals surface area (Å²) in [6, 6.07) is 60.7. The van der Waals surface area contributed by atoms with Crippen LogP contribution in [0, 0.1) is 0 Å². The Morgan fingerprint density at radius 3 is 1.69 bits per heavy atom. The Morgan fingerprint density at radius 1 is 0.347 bits per heavy atom. The molecule has 0 N–H and O–H groups in total. The minimum atomic E-state index is -0.0344. The van der Waals surface area contributed by atoms with E-state index in [1.807, 2.05) is 24.3 Å². The topological polar surface area (TPSA) is 25.8 Å². The van der Waals surface area contributed by atoms with E-state index < -0.39 is 0 Å². The first kappa shape index (κ1) is 29.1. The highest BCUT2D eigenvalue weighted by Gasteiger charge is 2.35. The summed E-state index contributed by atoms with van der Waals surface area (Å²) in [7, 11) is 0. The fourth-order valence-corrected chi connectivity index (χ4v) is 7.58. The van der Waals surface area contributed by atoms with Crippen molar-refractivity contribution in [2.24, 2.45) is 0 Å². The summed E-state index contributed by atoms with van der Waals surface area (Å²) in [5.74, 6) is 0.721. The molecule has 1 heterocycles. The zero-order valence-electron chi connectivity index (χ0n) is 27.6. The summed E-state index contributed by atoms with van der Waals surface area (Å²) >= 11 is 0. The molecular weight excluding hydrogens is 593 g/mol. The van der Waals surface area contributed by atoms with Crippen LogP contribution in [0.4, 0.5) is 0 Å². The van der Waals surface area contributed by atoms with Crippen molar-refractivity contribution in [3.8, 4) is 67.3 Å². The van der Waals surface area contributed by atoms with Gasteiger partial charge in [-0.25, -0.2) is 9.97 Å². The molecule has 1 aliphatic rings. The zero-order chi connectivity index (χ0) is 33.0. The molecule has 0 amide bonds. The molecule has 0 fully saturated rings. The smallest absolute Gasteiger partial charge is 0.160 e. The Morgan fingerprint density at radius 2 is 0.898 bits per heavy atom. The second-order valence-corrected chi connectivity index (χ2v) is 13.4. The first-order valence-electron chi connectivity index (χ1n) is 16.9. The molecule has 8 aromatic rings. The second-order valence-electron chi connectivity index (χ2n) is 13.4. The number of rotatable bonds is 5. The van der Waals surface area contributed by atoms with Gasteiger partial charge in [-0.2, -0.15) is 0 Å². The highest BCUT2D eigenvalue weighted by Crippen LogP contribution is 2.49. The Kier molecular flexibility index (Phi) is 6.84. The van der Waals surface area contributed by atoms with Crippen molar-refractivity contribution in [3.63, 3.8) is 0 Å². The standard InChI is InChI=1S/C47H34N2/c1-47(2)42-23-12-11-22-39(42)40-25-24-34(29-43(40)47)33-18-13-19-35(28-33)36-26-27-41(38-21-10-9-20-37(36)38)45-30-44(31-14-5-3-6-15-31)48-46(49-45)32-16-7-4-8-17-32/h3-30H,1-2H3. The average molecular weight is 627 g/mol. The maximum absolute atomic E-state index is 5.15. The number of benzene rings is 7. The number of fused-ring (bicyclic) bond motifs is 4. The zero-order valence-corrected chi connectivity index (χ0v) is 27.6. The molecule has 2 nitrogen and oxygen atoms in total. The summed E-state index contributed by atoms with van der Waals surface area (Å²) in [6.07, 6.45) is 0. The Hall–Kier alpha value is -6.12. The van der Waals surface area contributed by atoms with Gasteiger partial charge < -0.3 is 0 Å². The summed E-state index contributed by atoms with van der Waals surface area (Å²) < 4.78 is 0. The molecule has 0 aliphatic heterocycles. The van der Waals surface area contributed by atoms with Crippen molar-refractivity contribution < 1.29 is 0 Å². The Balaban J connectivity index is 1.15. The van der Waals surface area contributed by atoms with Gasteiger partial charge in [-0.3, -0.25) is 0 Å². The molecule has 232 valence electrons. The minimum absolute atomic E-state index is 0.0344. The van der Waals surface area contributed by atoms with Gasteiger partial charge in [0.2, 0.25) is 0 Å². The molecule has 0 spiro atoms. The van der Waals surface area contributed by atoms with Gasteiger partial charge in [-0.05, 0) is 73.5 Å². The summed E-state index contributed by atoms with van der Waals surface area (Å²) in [5, 5.41) is 2.36. The maximum atomic E-state index is 5.15. The van der Waals surface area contributed by atoms with E-state index in [0.29, 0.717) is 0 Å². The fourth-order valence-electron chi connectivity index (χ4n) is 7.58. The van der Waals surface area contributed by atoms with Crippen molar-refractivity contribution >= 4 is 10.8 Å². The molecule has 1 aliphatic carbocycles. The van der Waals surface area contributed by atoms with Gasteiger partial charge in [0.15, 0.2) is 5.82 Å². The third-order valence-corrected chi connectivity index (χ3v) is 10.1. The van der Waals surface area contributed by atoms with Crippen LogP contribution in [0.3, 0.4) is 0 Å². The molecule has 7 aromatic carbocycles. The van der Waals surface area contributed by atoms with E-state index in [2.05, 4.69) is 159 Å². The highest BCUT2D eigenvalue weighted by atomic mass is 14.9. The fraction of sp³-hybridized carbons (Fsp3) is 0.0638. The van der Waals surface area contributed by atoms with Crippen LogP contribution in [0.25, 0.3) is 78.1 Å². The van der Waals surface area contributed by atoms with E-state index in [-0.39, 0.29) is 5.41 Å². The molecule has 0 radical (unpaired) electrons. The van der Waals surface area contributed by atoms with Gasteiger partial charge in [0, 0.05) is 22.1 Å². The highest BCUT2D eigenvalue weighted by molar-refractivity contribution is 6.05. The third-order valence-electron chi connectivity index (χ3n) is 10.1. The molecule has 1 aromatic heterocycles. The van der Waals surface area contributed by atoms with Crippen LogP contribution in [0.5, 0.6) is 0 Å². The Labute approximate surface area is 287 Å². The molecule has 0 atom stereocenters. The molecular formula is C47H34N2. The lowest BCUT2D eigenvalue weighted by Crippen LogP contribution is -2.14. The predicted molar refractivity (Wildman–Crippen MR) is 204 cm³/mol. The van der Waals surface area contributed by atoms with Crippen LogP contribution in [0.1, 0.15) is 25.0 Å². The SMILES string of the molecule is CC1(C)c2ccccc2-c2ccc(-c3cccc(-c4ccc(-c5cc(-c6ccccc6)nc(-c6ccccc6)n5)c5ccccc45)c3)cc21. The largest absolute Gasteiger partial charge is 0.228 e. The molecule has 0 saturated heterocycles. The van der Waals surface area contributed by atoms with Crippen molar-refractivity contribution in [3.05, 3.63) is 181 Å². The van der Waals surface area contributed by atoms with Gasteiger partial charge >= 0.3 is 0 Å². The summed E-state index contributed by atoms with van der Waals surface area (Å²) in [6.45, 7) is 4.68. The van der Waals surface area contributed by atoms with Gasteiger partial charge in [-0.15, -0.1) is 0 Å². The lowest BCUT2D eigenvalue weighted by atomic mass is 9.81. The summed E-state index contributed by atoms with van der Waals surface area (Å²) in [4.78, 5) is 10.2. The van der Waals surface area contributed by atoms with E-state index in [1.54, 1.807) is 0 Å². The van der Waals surface area contributed by atoms with E-state index in [1.165, 1.54) is 55.3 Å². The van der Waals surface area contributed by atoms with E-state index in [4.69, 9.17) is 9.97 Å². The van der Waals surface area contributed by atoms with E-state index >= 15 is 0 Å². The number of nitrogens with zero attached hydrogens (tertiary/aromatic N) is 2. The van der Waals surface area contributed by atoms with Crippen LogP contribution in [-0.4, -0.2) is 9.97 Å². The molecule has 0 bridgehead atoms. The maximum Gasteiger partial charge on any atom is 0.160 e. The first-order valence-corrected chi connectivity index (χ1v) is 16.9. The number of aromatic nitrogens is 2. The second kappa shape index (κ2) is 11.5. The minimum Gasteiger partial charge on any atom is -0.228 e. The van der Waals surface area contributed by atoms with E-state index in [0.717, 1.165) is 33.9 Å². The lowest BCUT2D eigenvalue weighted by Gasteiger charge is -2.22. The monoisotopic (exact) mass is 626 g/mol. The van der Waals surface area contributed by atoms with Crippen LogP contribution in [0.2, 0.25) is 0 Å². The van der Waals surface area contributed by atoms with Gasteiger partial charge in [-0.1, -0.05) is 166 Å². The Bertz CT molecular complexity index is 2450. The van der Waals surface area contributed by atoms with Crippen molar-refractivity contribution in [1.82, 2.24) is 9.97 Å². The van der Waals surface area contributed by atoms with Crippen LogP contribution < -0.4 is 0 Å². The van der Waals surface area contributed by atoms with Crippen molar-refractivity contribution in [1.29, 1.82) is 0 Å². The van der Waals surface area contributed by atoms with Crippen LogP contribution in [-0.2, 0) is 5.41 Å². The molecule has 49 heavy (non-hydrogen) atoms. The quantitative estimate of drug-likeness (QED) is 0.190. The van der Waals surface area contributed by atoms with Gasteiger partial charge in [0.05, 0.1) is 11.4 Å². The third kappa shape index (κ3) is 4.96. The molecule has 0 saturated carbocycles. The number of hydrogen-bond donors (Lipinski definition) is 0. The first-order chi connectivity index (χ1) is 24.0. The van der Waals surface area contributed by atoms with Crippen LogP contribution >= 0.6 is 0 Å². The molecule has 9 rings (SSSR count). The number of hydrogen-bond acceptors (Lipinski definition) is 2. The van der Waals surface area contributed by atoms with Gasteiger partial charge in [0.1, 0.15) is 0 Å². The van der Waals surface area contributed by atoms with E-state index in [9.17, 15) is 0 Å². The summed E-state index contributed by atoms with van der Waals surface area (Å²) in [5.41, 5.74) is 15.3. The normalized spacial score (nSPS) is 12.9. The van der Waals surface area contributed by atoms with Crippen molar-refractivity contribution in [2.75, 3.05) is 0 Å².